The quantitative estimate of drug-likeness (QED) is 0.664. The van der Waals surface area contributed by atoms with Crippen LogP contribution in [0.2, 0.25) is 5.02 Å². The smallest absolute Gasteiger partial charge is 0.257 e. The molecule has 1 atom stereocenters. The summed E-state index contributed by atoms with van der Waals surface area (Å²) in [6.45, 7) is 0.707. The molecule has 1 amide bonds. The van der Waals surface area contributed by atoms with Crippen LogP contribution in [-0.2, 0) is 6.42 Å². The zero-order chi connectivity index (χ0) is 18.8. The molecule has 1 aromatic heterocycles. The van der Waals surface area contributed by atoms with Gasteiger partial charge in [-0.1, -0.05) is 41.9 Å². The highest BCUT2D eigenvalue weighted by Crippen LogP contribution is 2.26. The van der Waals surface area contributed by atoms with Gasteiger partial charge in [0.1, 0.15) is 11.5 Å². The molecule has 0 unspecified atom stereocenters. The predicted molar refractivity (Wildman–Crippen MR) is 103 cm³/mol. The van der Waals surface area contributed by atoms with Crippen molar-refractivity contribution in [3.8, 4) is 5.69 Å². The van der Waals surface area contributed by atoms with Gasteiger partial charge in [0.25, 0.3) is 5.91 Å². The molecule has 0 bridgehead atoms. The van der Waals surface area contributed by atoms with E-state index in [0.717, 1.165) is 29.8 Å². The van der Waals surface area contributed by atoms with Crippen LogP contribution in [0.4, 0.5) is 4.39 Å². The lowest BCUT2D eigenvalue weighted by molar-refractivity contribution is 0.0736. The first kappa shape index (κ1) is 17.7. The Bertz CT molecular complexity index is 971. The van der Waals surface area contributed by atoms with Crippen LogP contribution in [-0.4, -0.2) is 33.2 Å². The number of carbonyl (C=O) groups excluding carboxylic acids is 1. The molecular formula is C21H19ClFN3O. The van der Waals surface area contributed by atoms with Crippen LogP contribution >= 0.6 is 11.6 Å². The Balaban J connectivity index is 1.54. The largest absolute Gasteiger partial charge is 0.335 e. The summed E-state index contributed by atoms with van der Waals surface area (Å²) in [4.78, 5) is 14.9. The summed E-state index contributed by atoms with van der Waals surface area (Å²) in [5.41, 5.74) is 1.83. The normalized spacial score (nSPS) is 16.7. The number of rotatable bonds is 4. The van der Waals surface area contributed by atoms with E-state index < -0.39 is 0 Å². The summed E-state index contributed by atoms with van der Waals surface area (Å²) in [7, 11) is 0. The van der Waals surface area contributed by atoms with Gasteiger partial charge >= 0.3 is 0 Å². The van der Waals surface area contributed by atoms with Crippen molar-refractivity contribution in [1.29, 1.82) is 0 Å². The van der Waals surface area contributed by atoms with Crippen LogP contribution in [0.15, 0.2) is 60.9 Å². The van der Waals surface area contributed by atoms with Crippen molar-refractivity contribution in [1.82, 2.24) is 14.7 Å². The molecule has 0 saturated carbocycles. The number of nitrogens with zero attached hydrogens (tertiary/aromatic N) is 3. The number of hydrogen-bond donors (Lipinski definition) is 0. The third-order valence-corrected chi connectivity index (χ3v) is 5.35. The number of aromatic nitrogens is 2. The first-order valence-electron chi connectivity index (χ1n) is 8.97. The second-order valence-electron chi connectivity index (χ2n) is 6.72. The second-order valence-corrected chi connectivity index (χ2v) is 7.12. The molecule has 1 fully saturated rings. The zero-order valence-corrected chi connectivity index (χ0v) is 15.4. The standard InChI is InChI=1S/C21H19ClFN3O/c22-18-8-2-1-6-15(18)12-17-7-5-11-25(17)21(27)16-13-24-26(14-16)20-10-4-3-9-19(20)23/h1-4,6,8-10,13-14,17H,5,7,11-12H2/t17-/m1/s1. The summed E-state index contributed by atoms with van der Waals surface area (Å²) < 4.78 is 15.4. The Morgan fingerprint density at radius 1 is 1.19 bits per heavy atom. The summed E-state index contributed by atoms with van der Waals surface area (Å²) in [5.74, 6) is -0.454. The van der Waals surface area contributed by atoms with Crippen molar-refractivity contribution >= 4 is 17.5 Å². The van der Waals surface area contributed by atoms with Crippen LogP contribution in [0.25, 0.3) is 5.69 Å². The fourth-order valence-corrected chi connectivity index (χ4v) is 3.81. The lowest BCUT2D eigenvalue weighted by Gasteiger charge is -2.24. The van der Waals surface area contributed by atoms with Crippen molar-refractivity contribution in [3.05, 3.63) is 82.9 Å². The molecule has 0 radical (unpaired) electrons. The SMILES string of the molecule is O=C(c1cnn(-c2ccccc2F)c1)N1CCC[C@@H]1Cc1ccccc1Cl. The maximum Gasteiger partial charge on any atom is 0.257 e. The first-order chi connectivity index (χ1) is 13.1. The van der Waals surface area contributed by atoms with Gasteiger partial charge in [0.15, 0.2) is 0 Å². The lowest BCUT2D eigenvalue weighted by atomic mass is 10.0. The molecule has 0 aliphatic carbocycles. The lowest BCUT2D eigenvalue weighted by Crippen LogP contribution is -2.36. The zero-order valence-electron chi connectivity index (χ0n) is 14.7. The highest BCUT2D eigenvalue weighted by Gasteiger charge is 2.30. The molecule has 4 rings (SSSR count). The maximum atomic E-state index is 14.0. The monoisotopic (exact) mass is 383 g/mol. The molecule has 1 aliphatic heterocycles. The number of para-hydroxylation sites is 1. The van der Waals surface area contributed by atoms with E-state index in [1.807, 2.05) is 29.2 Å². The highest BCUT2D eigenvalue weighted by molar-refractivity contribution is 6.31. The number of amides is 1. The maximum absolute atomic E-state index is 14.0. The Hall–Kier alpha value is -2.66. The second kappa shape index (κ2) is 7.53. The van der Waals surface area contributed by atoms with Gasteiger partial charge in [-0.25, -0.2) is 9.07 Å². The third-order valence-electron chi connectivity index (χ3n) is 4.98. The fraction of sp³-hybridized carbons (Fsp3) is 0.238. The van der Waals surface area contributed by atoms with E-state index in [9.17, 15) is 9.18 Å². The molecule has 2 heterocycles. The van der Waals surface area contributed by atoms with Crippen LogP contribution in [0.5, 0.6) is 0 Å². The molecule has 4 nitrogen and oxygen atoms in total. The van der Waals surface area contributed by atoms with Crippen molar-refractivity contribution in [3.63, 3.8) is 0 Å². The minimum absolute atomic E-state index is 0.0767. The van der Waals surface area contributed by atoms with Crippen LogP contribution in [0.1, 0.15) is 28.8 Å². The van der Waals surface area contributed by atoms with Crippen molar-refractivity contribution < 1.29 is 9.18 Å². The van der Waals surface area contributed by atoms with Crippen molar-refractivity contribution in [2.75, 3.05) is 6.54 Å². The summed E-state index contributed by atoms with van der Waals surface area (Å²) in [5, 5.41) is 4.90. The number of carbonyl (C=O) groups is 1. The van der Waals surface area contributed by atoms with Gasteiger partial charge in [0.2, 0.25) is 0 Å². The summed E-state index contributed by atoms with van der Waals surface area (Å²) in [6, 6.07) is 14.2. The topological polar surface area (TPSA) is 38.1 Å². The van der Waals surface area contributed by atoms with Crippen LogP contribution in [0.3, 0.4) is 0 Å². The van der Waals surface area contributed by atoms with E-state index in [1.165, 1.54) is 16.9 Å². The summed E-state index contributed by atoms with van der Waals surface area (Å²) in [6.07, 6.45) is 5.72. The molecule has 3 aromatic rings. The van der Waals surface area contributed by atoms with Gasteiger partial charge < -0.3 is 4.90 Å². The van der Waals surface area contributed by atoms with Gasteiger partial charge in [-0.3, -0.25) is 4.79 Å². The molecule has 6 heteroatoms. The molecular weight excluding hydrogens is 365 g/mol. The fourth-order valence-electron chi connectivity index (χ4n) is 3.60. The van der Waals surface area contributed by atoms with Crippen molar-refractivity contribution in [2.45, 2.75) is 25.3 Å². The number of hydrogen-bond acceptors (Lipinski definition) is 2. The Labute approximate surface area is 162 Å². The molecule has 138 valence electrons. The minimum atomic E-state index is -0.377. The van der Waals surface area contributed by atoms with Gasteiger partial charge in [-0.2, -0.15) is 5.10 Å². The Morgan fingerprint density at radius 2 is 1.96 bits per heavy atom. The molecule has 2 aromatic carbocycles. The number of halogens is 2. The number of likely N-dealkylation sites (tertiary alicyclic amines) is 1. The molecule has 0 spiro atoms. The molecule has 1 saturated heterocycles. The van der Waals surface area contributed by atoms with Crippen molar-refractivity contribution in [2.24, 2.45) is 0 Å². The van der Waals surface area contributed by atoms with E-state index in [-0.39, 0.29) is 17.8 Å². The summed E-state index contributed by atoms with van der Waals surface area (Å²) >= 11 is 6.28. The van der Waals surface area contributed by atoms with Gasteiger partial charge in [0, 0.05) is 23.8 Å². The van der Waals surface area contributed by atoms with E-state index in [2.05, 4.69) is 5.10 Å². The first-order valence-corrected chi connectivity index (χ1v) is 9.35. The average molecular weight is 384 g/mol. The minimum Gasteiger partial charge on any atom is -0.335 e. The van der Waals surface area contributed by atoms with Crippen LogP contribution < -0.4 is 0 Å². The molecule has 27 heavy (non-hydrogen) atoms. The van der Waals surface area contributed by atoms with Gasteiger partial charge in [-0.15, -0.1) is 0 Å². The molecule has 0 N–H and O–H groups in total. The molecule has 1 aliphatic rings. The highest BCUT2D eigenvalue weighted by atomic mass is 35.5. The van der Waals surface area contributed by atoms with Gasteiger partial charge in [-0.05, 0) is 43.0 Å². The third kappa shape index (κ3) is 3.60. The van der Waals surface area contributed by atoms with E-state index in [1.54, 1.807) is 24.4 Å². The van der Waals surface area contributed by atoms with E-state index in [4.69, 9.17) is 11.6 Å². The average Bonchev–Trinajstić information content (AvgIpc) is 3.33. The van der Waals surface area contributed by atoms with Crippen LogP contribution in [0, 0.1) is 5.82 Å². The van der Waals surface area contributed by atoms with E-state index >= 15 is 0 Å². The van der Waals surface area contributed by atoms with Gasteiger partial charge in [0.05, 0.1) is 11.8 Å². The predicted octanol–water partition coefficient (Wildman–Crippen LogP) is 4.51. The Morgan fingerprint density at radius 3 is 2.78 bits per heavy atom. The van der Waals surface area contributed by atoms with E-state index in [0.29, 0.717) is 17.8 Å². The Kier molecular flexibility index (Phi) is 4.94. The number of benzene rings is 2.